The molecule has 0 bridgehead atoms. The molecule has 0 spiro atoms. The molecule has 0 aromatic rings. The number of hydrogen-bond donors (Lipinski definition) is 3. The Labute approximate surface area is 178 Å². The van der Waals surface area contributed by atoms with Crippen molar-refractivity contribution in [2.24, 2.45) is 29.6 Å². The van der Waals surface area contributed by atoms with Gasteiger partial charge in [-0.1, -0.05) is 13.3 Å². The molecule has 0 aromatic heterocycles. The van der Waals surface area contributed by atoms with E-state index in [2.05, 4.69) is 22.9 Å². The second-order valence-electron chi connectivity index (χ2n) is 10.5. The SMILES string of the molecule is CCC1CCC(C(=O)NC(C)C)C2CCC(C3CNC4C(F)C(F)C(F)CC34)NC12. The van der Waals surface area contributed by atoms with Gasteiger partial charge in [-0.3, -0.25) is 4.79 Å². The van der Waals surface area contributed by atoms with Gasteiger partial charge in [0.2, 0.25) is 5.91 Å². The molecule has 2 aliphatic heterocycles. The Bertz CT molecular complexity index is 621. The zero-order valence-electron chi connectivity index (χ0n) is 18.4. The van der Waals surface area contributed by atoms with Crippen molar-refractivity contribution in [3.63, 3.8) is 0 Å². The first-order chi connectivity index (χ1) is 14.3. The first kappa shape index (κ1) is 22.4. The number of rotatable bonds is 4. The first-order valence-corrected chi connectivity index (χ1v) is 12.0. The Kier molecular flexibility index (Phi) is 6.69. The van der Waals surface area contributed by atoms with E-state index in [1.54, 1.807) is 0 Å². The molecule has 2 saturated heterocycles. The molecule has 4 fully saturated rings. The number of hydrogen-bond acceptors (Lipinski definition) is 3. The third-order valence-electron chi connectivity index (χ3n) is 8.45. The van der Waals surface area contributed by atoms with Gasteiger partial charge in [-0.2, -0.15) is 0 Å². The van der Waals surface area contributed by atoms with Crippen LogP contribution in [-0.2, 0) is 4.79 Å². The molecule has 11 atom stereocenters. The van der Waals surface area contributed by atoms with Crippen LogP contribution in [0.25, 0.3) is 0 Å². The molecular formula is C23H38F3N3O. The van der Waals surface area contributed by atoms with Crippen LogP contribution in [0.2, 0.25) is 0 Å². The summed E-state index contributed by atoms with van der Waals surface area (Å²) in [7, 11) is 0. The lowest BCUT2D eigenvalue weighted by molar-refractivity contribution is -0.130. The number of fused-ring (bicyclic) bond motifs is 2. The zero-order chi connectivity index (χ0) is 21.6. The fraction of sp³-hybridized carbons (Fsp3) is 0.957. The molecule has 2 saturated carbocycles. The van der Waals surface area contributed by atoms with E-state index in [-0.39, 0.29) is 48.2 Å². The molecule has 7 heteroatoms. The van der Waals surface area contributed by atoms with Crippen LogP contribution in [0.3, 0.4) is 0 Å². The Morgan fingerprint density at radius 3 is 2.47 bits per heavy atom. The molecule has 11 unspecified atom stereocenters. The minimum Gasteiger partial charge on any atom is -0.354 e. The zero-order valence-corrected chi connectivity index (χ0v) is 18.4. The topological polar surface area (TPSA) is 53.2 Å². The van der Waals surface area contributed by atoms with Crippen LogP contribution in [0, 0.1) is 29.6 Å². The lowest BCUT2D eigenvalue weighted by atomic mass is 9.63. The quantitative estimate of drug-likeness (QED) is 0.643. The van der Waals surface area contributed by atoms with Gasteiger partial charge < -0.3 is 16.0 Å². The van der Waals surface area contributed by atoms with Crippen LogP contribution >= 0.6 is 0 Å². The van der Waals surface area contributed by atoms with Crippen LogP contribution in [0.4, 0.5) is 13.2 Å². The fourth-order valence-electron chi connectivity index (χ4n) is 6.98. The Morgan fingerprint density at radius 2 is 1.77 bits per heavy atom. The lowest BCUT2D eigenvalue weighted by Crippen LogP contribution is -2.60. The summed E-state index contributed by atoms with van der Waals surface area (Å²) in [4.78, 5) is 12.8. The molecule has 0 radical (unpaired) electrons. The Balaban J connectivity index is 1.47. The number of alkyl halides is 3. The van der Waals surface area contributed by atoms with Gasteiger partial charge in [0.25, 0.3) is 0 Å². The van der Waals surface area contributed by atoms with Gasteiger partial charge in [0.05, 0.1) is 0 Å². The third kappa shape index (κ3) is 4.01. The predicted molar refractivity (Wildman–Crippen MR) is 111 cm³/mol. The average Bonchev–Trinajstić information content (AvgIpc) is 3.14. The van der Waals surface area contributed by atoms with Crippen LogP contribution in [0.15, 0.2) is 0 Å². The number of amides is 1. The molecule has 4 nitrogen and oxygen atoms in total. The summed E-state index contributed by atoms with van der Waals surface area (Å²) in [6, 6.07) is 0.00239. The van der Waals surface area contributed by atoms with E-state index < -0.39 is 24.6 Å². The van der Waals surface area contributed by atoms with Gasteiger partial charge in [-0.05, 0) is 69.6 Å². The van der Waals surface area contributed by atoms with Gasteiger partial charge >= 0.3 is 0 Å². The summed E-state index contributed by atoms with van der Waals surface area (Å²) in [5.74, 6) is 0.987. The van der Waals surface area contributed by atoms with Crippen molar-refractivity contribution in [2.45, 2.75) is 102 Å². The lowest BCUT2D eigenvalue weighted by Gasteiger charge is -2.50. The molecular weight excluding hydrogens is 391 g/mol. The number of halogens is 3. The first-order valence-electron chi connectivity index (χ1n) is 12.0. The van der Waals surface area contributed by atoms with Crippen LogP contribution in [-0.4, -0.2) is 55.1 Å². The highest BCUT2D eigenvalue weighted by atomic mass is 19.2. The number of carbonyl (C=O) groups is 1. The average molecular weight is 430 g/mol. The van der Waals surface area contributed by atoms with E-state index in [4.69, 9.17) is 0 Å². The smallest absolute Gasteiger partial charge is 0.223 e. The maximum absolute atomic E-state index is 14.4. The maximum atomic E-state index is 14.4. The van der Waals surface area contributed by atoms with Gasteiger partial charge in [-0.15, -0.1) is 0 Å². The molecule has 2 aliphatic carbocycles. The van der Waals surface area contributed by atoms with Crippen molar-refractivity contribution in [1.29, 1.82) is 0 Å². The second kappa shape index (κ2) is 8.97. The molecule has 2 heterocycles. The number of piperidine rings is 1. The summed E-state index contributed by atoms with van der Waals surface area (Å²) < 4.78 is 42.4. The normalized spacial score (nSPS) is 48.8. The third-order valence-corrected chi connectivity index (χ3v) is 8.45. The van der Waals surface area contributed by atoms with Crippen molar-refractivity contribution in [3.8, 4) is 0 Å². The van der Waals surface area contributed by atoms with Crippen LogP contribution in [0.1, 0.15) is 59.3 Å². The maximum Gasteiger partial charge on any atom is 0.223 e. The van der Waals surface area contributed by atoms with Crippen molar-refractivity contribution in [1.82, 2.24) is 16.0 Å². The minimum atomic E-state index is -2.01. The monoisotopic (exact) mass is 429 g/mol. The highest BCUT2D eigenvalue weighted by Gasteiger charge is 2.54. The summed E-state index contributed by atoms with van der Waals surface area (Å²) >= 11 is 0. The largest absolute Gasteiger partial charge is 0.354 e. The predicted octanol–water partition coefficient (Wildman–Crippen LogP) is 3.31. The Hall–Kier alpha value is -0.820. The number of nitrogens with one attached hydrogen (secondary N) is 3. The highest BCUT2D eigenvalue weighted by molar-refractivity contribution is 5.79. The van der Waals surface area contributed by atoms with Gasteiger partial charge in [-0.25, -0.2) is 13.2 Å². The molecule has 0 aromatic carbocycles. The standard InChI is InChI=1S/C23H38F3N3O/c1-4-12-5-6-14(23(30)28-11(2)3)13-7-8-18(29-21(12)13)16-10-27-22-15(16)9-17(24)19(25)20(22)26/h11-22,27,29H,4-10H2,1-3H3,(H,28,30). The molecule has 4 aliphatic rings. The molecule has 30 heavy (non-hydrogen) atoms. The van der Waals surface area contributed by atoms with Crippen LogP contribution < -0.4 is 16.0 Å². The highest BCUT2D eigenvalue weighted by Crippen LogP contribution is 2.46. The van der Waals surface area contributed by atoms with Gasteiger partial charge in [0.1, 0.15) is 12.3 Å². The van der Waals surface area contributed by atoms with Crippen molar-refractivity contribution >= 4 is 5.91 Å². The fourth-order valence-corrected chi connectivity index (χ4v) is 6.98. The van der Waals surface area contributed by atoms with E-state index in [9.17, 15) is 18.0 Å². The molecule has 4 rings (SSSR count). The molecule has 1 amide bonds. The minimum absolute atomic E-state index is 0.0375. The second-order valence-corrected chi connectivity index (χ2v) is 10.5. The van der Waals surface area contributed by atoms with Gasteiger partial charge in [0, 0.05) is 36.6 Å². The molecule has 172 valence electrons. The van der Waals surface area contributed by atoms with Crippen LogP contribution in [0.5, 0.6) is 0 Å². The molecule has 3 N–H and O–H groups in total. The van der Waals surface area contributed by atoms with Crippen molar-refractivity contribution < 1.29 is 18.0 Å². The van der Waals surface area contributed by atoms with E-state index in [1.807, 2.05) is 13.8 Å². The van der Waals surface area contributed by atoms with E-state index in [0.29, 0.717) is 18.4 Å². The number of carbonyl (C=O) groups excluding carboxylic acids is 1. The Morgan fingerprint density at radius 1 is 1.00 bits per heavy atom. The van der Waals surface area contributed by atoms with E-state index in [1.165, 1.54) is 0 Å². The summed E-state index contributed by atoms with van der Waals surface area (Å²) in [5, 5.41) is 10.1. The summed E-state index contributed by atoms with van der Waals surface area (Å²) in [6.07, 6.45) is -0.466. The van der Waals surface area contributed by atoms with E-state index >= 15 is 0 Å². The van der Waals surface area contributed by atoms with E-state index in [0.717, 1.165) is 32.1 Å². The summed E-state index contributed by atoms with van der Waals surface area (Å²) in [5.41, 5.74) is 0. The van der Waals surface area contributed by atoms with Crippen molar-refractivity contribution in [2.75, 3.05) is 6.54 Å². The van der Waals surface area contributed by atoms with Crippen molar-refractivity contribution in [3.05, 3.63) is 0 Å². The summed E-state index contributed by atoms with van der Waals surface area (Å²) in [6.45, 7) is 6.80. The van der Waals surface area contributed by atoms with Gasteiger partial charge in [0.15, 0.2) is 6.17 Å².